The van der Waals surface area contributed by atoms with E-state index in [1.165, 1.54) is 17.5 Å². The first-order valence-electron chi connectivity index (χ1n) is 12.9. The number of nitrogens with zero attached hydrogens (tertiary/aromatic N) is 5. The predicted octanol–water partition coefficient (Wildman–Crippen LogP) is 5.81. The highest BCUT2D eigenvalue weighted by Crippen LogP contribution is 2.37. The summed E-state index contributed by atoms with van der Waals surface area (Å²) >= 11 is 1.52. The van der Waals surface area contributed by atoms with Crippen molar-refractivity contribution in [2.24, 2.45) is 11.1 Å². The van der Waals surface area contributed by atoms with Crippen LogP contribution in [0.1, 0.15) is 56.3 Å². The highest BCUT2D eigenvalue weighted by atomic mass is 32.1. The molecule has 11 heteroatoms. The second-order valence-electron chi connectivity index (χ2n) is 11.2. The molecule has 1 saturated carbocycles. The molecule has 208 valence electrons. The molecular weight excluding hydrogens is 532 g/mol. The summed E-state index contributed by atoms with van der Waals surface area (Å²) in [5.74, 6) is 0. The van der Waals surface area contributed by atoms with Crippen LogP contribution in [0.4, 0.5) is 11.4 Å². The number of anilines is 2. The van der Waals surface area contributed by atoms with E-state index in [1.807, 2.05) is 24.3 Å². The Morgan fingerprint density at radius 3 is 2.56 bits per heavy atom. The van der Waals surface area contributed by atoms with E-state index in [2.05, 4.69) is 64.9 Å². The summed E-state index contributed by atoms with van der Waals surface area (Å²) in [7, 11) is 0. The molecule has 0 unspecified atom stereocenters. The lowest BCUT2D eigenvalue weighted by atomic mass is 9.96. The Morgan fingerprint density at radius 2 is 1.90 bits per heavy atom. The van der Waals surface area contributed by atoms with Crippen LogP contribution >= 0.6 is 11.3 Å². The van der Waals surface area contributed by atoms with E-state index < -0.39 is 11.6 Å². The van der Waals surface area contributed by atoms with Gasteiger partial charge in [-0.2, -0.15) is 15.8 Å². The number of hydrogen-bond donors (Lipinski definition) is 5. The number of pyridine rings is 1. The standard InChI is InChI=1S/C30H29N9S.H3N/c1-29(2,3)16-36-26-19(12-32)13-35-25-18(11-31)9-20(10-22(25)26)39-27(23(34)14-38-30(15-33)7-8-30)21-5-4-6-24-28(21)40-17-37-24;/h4-6,9-10,13-14,17,27,38-39H,7-8,16,34H2,1-3H3,(H,35,36);1H3/b23-14-;/t27-;/m0./s1. The lowest BCUT2D eigenvalue weighted by Crippen LogP contribution is -2.28. The van der Waals surface area contributed by atoms with Gasteiger partial charge >= 0.3 is 0 Å². The van der Waals surface area contributed by atoms with E-state index in [9.17, 15) is 15.8 Å². The molecule has 0 saturated heterocycles. The van der Waals surface area contributed by atoms with E-state index in [0.717, 1.165) is 28.6 Å². The number of nitrogens with two attached hydrogens (primary N) is 1. The average Bonchev–Trinajstić information content (AvgIpc) is 3.57. The summed E-state index contributed by atoms with van der Waals surface area (Å²) in [6.45, 7) is 6.94. The van der Waals surface area contributed by atoms with Crippen molar-refractivity contribution < 1.29 is 0 Å². The van der Waals surface area contributed by atoms with Crippen LogP contribution in [0.5, 0.6) is 0 Å². The van der Waals surface area contributed by atoms with Crippen LogP contribution in [0.25, 0.3) is 21.1 Å². The monoisotopic (exact) mass is 564 g/mol. The normalized spacial score (nSPS) is 14.7. The van der Waals surface area contributed by atoms with Crippen molar-refractivity contribution in [1.82, 2.24) is 21.4 Å². The zero-order valence-electron chi connectivity index (χ0n) is 23.2. The van der Waals surface area contributed by atoms with Crippen LogP contribution in [0, 0.1) is 39.4 Å². The summed E-state index contributed by atoms with van der Waals surface area (Å²) in [4.78, 5) is 8.91. The summed E-state index contributed by atoms with van der Waals surface area (Å²) in [6, 6.07) is 15.8. The van der Waals surface area contributed by atoms with Crippen molar-refractivity contribution in [2.45, 2.75) is 45.2 Å². The van der Waals surface area contributed by atoms with E-state index in [4.69, 9.17) is 5.73 Å². The highest BCUT2D eigenvalue weighted by molar-refractivity contribution is 7.17. The number of hydrogen-bond acceptors (Lipinski definition) is 11. The molecule has 5 rings (SSSR count). The van der Waals surface area contributed by atoms with E-state index >= 15 is 0 Å². The molecule has 2 aromatic heterocycles. The van der Waals surface area contributed by atoms with Crippen molar-refractivity contribution in [1.29, 1.82) is 15.8 Å². The van der Waals surface area contributed by atoms with Crippen LogP contribution in [0.2, 0.25) is 0 Å². The lowest BCUT2D eigenvalue weighted by molar-refractivity contribution is 0.443. The van der Waals surface area contributed by atoms with Gasteiger partial charge in [0.1, 0.15) is 17.7 Å². The Hall–Kier alpha value is -4.89. The Morgan fingerprint density at radius 1 is 1.15 bits per heavy atom. The SMILES string of the molecule is CC(C)(C)CNc1c(C#N)cnc2c(C#N)cc(N[C@H](/C(N)=C/NC3(C#N)CC3)c3cccc4ncsc34)cc12.N. The van der Waals surface area contributed by atoms with Gasteiger partial charge in [-0.05, 0) is 42.0 Å². The minimum Gasteiger partial charge on any atom is -0.399 e. The van der Waals surface area contributed by atoms with Gasteiger partial charge in [-0.25, -0.2) is 4.98 Å². The van der Waals surface area contributed by atoms with Crippen LogP contribution in [0.3, 0.4) is 0 Å². The summed E-state index contributed by atoms with van der Waals surface area (Å²) in [6.07, 6.45) is 4.74. The third-order valence-corrected chi connectivity index (χ3v) is 7.72. The fourth-order valence-corrected chi connectivity index (χ4v) is 5.30. The maximum absolute atomic E-state index is 10.0. The largest absolute Gasteiger partial charge is 0.399 e. The number of thiazole rings is 1. The Labute approximate surface area is 243 Å². The summed E-state index contributed by atoms with van der Waals surface area (Å²) in [5, 5.41) is 40.2. The first-order chi connectivity index (χ1) is 19.2. The number of aromatic nitrogens is 2. The molecule has 0 aliphatic heterocycles. The number of rotatable bonds is 8. The van der Waals surface area contributed by atoms with Crippen LogP contribution in [-0.4, -0.2) is 22.1 Å². The van der Waals surface area contributed by atoms with Gasteiger partial charge in [0.2, 0.25) is 0 Å². The van der Waals surface area contributed by atoms with Gasteiger partial charge in [-0.1, -0.05) is 32.9 Å². The van der Waals surface area contributed by atoms with Gasteiger partial charge in [-0.3, -0.25) is 4.98 Å². The molecule has 2 heterocycles. The van der Waals surface area contributed by atoms with Crippen molar-refractivity contribution in [3.8, 4) is 18.2 Å². The maximum Gasteiger partial charge on any atom is 0.125 e. The zero-order chi connectivity index (χ0) is 28.5. The smallest absolute Gasteiger partial charge is 0.125 e. The molecule has 1 atom stereocenters. The molecule has 0 bridgehead atoms. The molecule has 1 aliphatic carbocycles. The molecule has 0 spiro atoms. The average molecular weight is 565 g/mol. The van der Waals surface area contributed by atoms with Crippen molar-refractivity contribution in [2.75, 3.05) is 17.2 Å². The van der Waals surface area contributed by atoms with Crippen molar-refractivity contribution in [3.63, 3.8) is 0 Å². The van der Waals surface area contributed by atoms with Crippen LogP contribution < -0.4 is 27.8 Å². The third-order valence-electron chi connectivity index (χ3n) is 6.83. The minimum absolute atomic E-state index is 0. The number of benzene rings is 2. The predicted molar refractivity (Wildman–Crippen MR) is 163 cm³/mol. The molecular formula is C30H32N10S. The second kappa shape index (κ2) is 11.3. The van der Waals surface area contributed by atoms with Gasteiger partial charge in [0.25, 0.3) is 0 Å². The van der Waals surface area contributed by atoms with Gasteiger partial charge in [0, 0.05) is 30.0 Å². The fourth-order valence-electron chi connectivity index (χ4n) is 4.46. The summed E-state index contributed by atoms with van der Waals surface area (Å²) in [5.41, 5.74) is 12.7. The number of nitrogens with one attached hydrogen (secondary N) is 3. The molecule has 10 nitrogen and oxygen atoms in total. The Bertz CT molecular complexity index is 1760. The van der Waals surface area contributed by atoms with E-state index in [-0.39, 0.29) is 11.6 Å². The third kappa shape index (κ3) is 6.00. The van der Waals surface area contributed by atoms with Gasteiger partial charge in [0.15, 0.2) is 0 Å². The van der Waals surface area contributed by atoms with E-state index in [1.54, 1.807) is 17.8 Å². The Kier molecular flexibility index (Phi) is 8.02. The zero-order valence-corrected chi connectivity index (χ0v) is 24.1. The van der Waals surface area contributed by atoms with Gasteiger partial charge in [0.05, 0.1) is 55.9 Å². The maximum atomic E-state index is 10.0. The fraction of sp³-hybridized carbons (Fsp3) is 0.300. The molecule has 1 aliphatic rings. The van der Waals surface area contributed by atoms with Crippen LogP contribution in [-0.2, 0) is 0 Å². The summed E-state index contributed by atoms with van der Waals surface area (Å²) < 4.78 is 0.986. The highest BCUT2D eigenvalue weighted by Gasteiger charge is 2.42. The molecule has 2 aromatic carbocycles. The minimum atomic E-state index is -0.574. The number of nitriles is 3. The second-order valence-corrected chi connectivity index (χ2v) is 12.1. The van der Waals surface area contributed by atoms with E-state index in [0.29, 0.717) is 45.6 Å². The molecule has 0 radical (unpaired) electrons. The molecule has 4 aromatic rings. The quantitative estimate of drug-likeness (QED) is 0.174. The first kappa shape index (κ1) is 29.1. The van der Waals surface area contributed by atoms with Crippen molar-refractivity contribution >= 4 is 43.8 Å². The van der Waals surface area contributed by atoms with Crippen molar-refractivity contribution in [3.05, 3.63) is 70.6 Å². The lowest BCUT2D eigenvalue weighted by Gasteiger charge is -2.24. The number of fused-ring (bicyclic) bond motifs is 2. The Balaban J connectivity index is 0.00000387. The molecule has 1 fully saturated rings. The van der Waals surface area contributed by atoms with Crippen LogP contribution in [0.15, 0.2) is 53.9 Å². The van der Waals surface area contributed by atoms with Gasteiger partial charge < -0.3 is 27.8 Å². The molecule has 8 N–H and O–H groups in total. The molecule has 41 heavy (non-hydrogen) atoms. The molecule has 0 amide bonds. The first-order valence-corrected chi connectivity index (χ1v) is 13.8. The van der Waals surface area contributed by atoms with Gasteiger partial charge in [-0.15, -0.1) is 11.3 Å². The topological polar surface area (TPSA) is 194 Å².